The molecular weight excluding hydrogens is 244 g/mol. The molecule has 104 valence electrons. The average molecular weight is 270 g/mol. The normalized spacial score (nSPS) is 36.0. The molecule has 3 aliphatic heterocycles. The van der Waals surface area contributed by atoms with Crippen LogP contribution >= 0.6 is 11.8 Å². The zero-order valence-corrected chi connectivity index (χ0v) is 12.2. The van der Waals surface area contributed by atoms with Crippen molar-refractivity contribution in [1.82, 2.24) is 9.80 Å². The Balaban J connectivity index is 1.39. The number of ether oxygens (including phenoxy) is 1. The van der Waals surface area contributed by atoms with Crippen molar-refractivity contribution in [2.45, 2.75) is 37.8 Å². The minimum atomic E-state index is 0.521. The van der Waals surface area contributed by atoms with Gasteiger partial charge in [-0.3, -0.25) is 9.80 Å². The van der Waals surface area contributed by atoms with Crippen LogP contribution in [0.25, 0.3) is 0 Å². The molecule has 4 heteroatoms. The number of rotatable bonds is 3. The van der Waals surface area contributed by atoms with E-state index in [1.54, 1.807) is 0 Å². The number of hydrogen-bond acceptors (Lipinski definition) is 4. The fraction of sp³-hybridized carbons (Fsp3) is 1.00. The number of thioether (sulfide) groups is 1. The molecule has 0 aromatic carbocycles. The minimum Gasteiger partial charge on any atom is -0.377 e. The van der Waals surface area contributed by atoms with E-state index in [9.17, 15) is 0 Å². The summed E-state index contributed by atoms with van der Waals surface area (Å²) in [4.78, 5) is 5.34. The molecule has 0 bridgehead atoms. The van der Waals surface area contributed by atoms with Crippen LogP contribution in [-0.2, 0) is 4.74 Å². The molecule has 0 amide bonds. The van der Waals surface area contributed by atoms with Gasteiger partial charge >= 0.3 is 0 Å². The Kier molecular flexibility index (Phi) is 4.85. The Hall–Kier alpha value is 0.230. The summed E-state index contributed by atoms with van der Waals surface area (Å²) in [5.74, 6) is 2.74. The summed E-state index contributed by atoms with van der Waals surface area (Å²) in [5.41, 5.74) is 0. The smallest absolute Gasteiger partial charge is 0.0702 e. The van der Waals surface area contributed by atoms with Crippen LogP contribution in [0.3, 0.4) is 0 Å². The van der Waals surface area contributed by atoms with Gasteiger partial charge in [-0.05, 0) is 31.4 Å². The zero-order valence-electron chi connectivity index (χ0n) is 11.4. The third kappa shape index (κ3) is 3.41. The molecule has 3 fully saturated rings. The second-order valence-corrected chi connectivity index (χ2v) is 6.99. The Morgan fingerprint density at radius 2 is 1.94 bits per heavy atom. The minimum absolute atomic E-state index is 0.521. The van der Waals surface area contributed by atoms with Gasteiger partial charge in [0.15, 0.2) is 0 Å². The van der Waals surface area contributed by atoms with E-state index >= 15 is 0 Å². The van der Waals surface area contributed by atoms with E-state index in [1.165, 1.54) is 69.9 Å². The van der Waals surface area contributed by atoms with Crippen molar-refractivity contribution in [2.75, 3.05) is 50.8 Å². The van der Waals surface area contributed by atoms with Crippen LogP contribution in [0, 0.1) is 0 Å². The first-order chi connectivity index (χ1) is 8.92. The molecule has 3 rings (SSSR count). The Labute approximate surface area is 115 Å². The van der Waals surface area contributed by atoms with Gasteiger partial charge in [0.25, 0.3) is 0 Å². The lowest BCUT2D eigenvalue weighted by atomic mass is 10.1. The molecule has 0 radical (unpaired) electrons. The van der Waals surface area contributed by atoms with Crippen molar-refractivity contribution >= 4 is 11.8 Å². The van der Waals surface area contributed by atoms with Crippen molar-refractivity contribution < 1.29 is 4.74 Å². The molecule has 0 aromatic heterocycles. The molecule has 3 heterocycles. The van der Waals surface area contributed by atoms with Crippen molar-refractivity contribution in [3.63, 3.8) is 0 Å². The Bertz CT molecular complexity index is 244. The second-order valence-electron chi connectivity index (χ2n) is 5.84. The highest BCUT2D eigenvalue weighted by atomic mass is 32.2. The predicted octanol–water partition coefficient (Wildman–Crippen LogP) is 1.68. The zero-order chi connectivity index (χ0) is 12.2. The van der Waals surface area contributed by atoms with Crippen LogP contribution in [0.2, 0.25) is 0 Å². The highest BCUT2D eigenvalue weighted by molar-refractivity contribution is 7.99. The van der Waals surface area contributed by atoms with Gasteiger partial charge in [0, 0.05) is 51.1 Å². The van der Waals surface area contributed by atoms with Gasteiger partial charge in [0.2, 0.25) is 0 Å². The predicted molar refractivity (Wildman–Crippen MR) is 77.3 cm³/mol. The van der Waals surface area contributed by atoms with Gasteiger partial charge < -0.3 is 4.74 Å². The van der Waals surface area contributed by atoms with Gasteiger partial charge in [0.05, 0.1) is 6.10 Å². The summed E-state index contributed by atoms with van der Waals surface area (Å²) in [5, 5.41) is 0. The third-order valence-corrected chi connectivity index (χ3v) is 5.71. The van der Waals surface area contributed by atoms with Crippen molar-refractivity contribution in [2.24, 2.45) is 0 Å². The van der Waals surface area contributed by atoms with Crippen LogP contribution in [0.15, 0.2) is 0 Å². The third-order valence-electron chi connectivity index (χ3n) is 4.56. The average Bonchev–Trinajstić information content (AvgIpc) is 2.95. The fourth-order valence-corrected chi connectivity index (χ4v) is 4.62. The van der Waals surface area contributed by atoms with Crippen LogP contribution in [-0.4, -0.2) is 72.8 Å². The summed E-state index contributed by atoms with van der Waals surface area (Å²) in [7, 11) is 0. The molecule has 0 N–H and O–H groups in total. The monoisotopic (exact) mass is 270 g/mol. The standard InChI is InChI=1S/C14H26N2OS/c1-2-9-17-14(3-1)11-15-5-7-16(8-6-15)13-4-10-18-12-13/h13-14H,1-12H2/t13-,14-/m0/s1. The van der Waals surface area contributed by atoms with E-state index in [-0.39, 0.29) is 0 Å². The van der Waals surface area contributed by atoms with E-state index in [4.69, 9.17) is 4.74 Å². The Morgan fingerprint density at radius 1 is 1.06 bits per heavy atom. The highest BCUT2D eigenvalue weighted by Gasteiger charge is 2.27. The Morgan fingerprint density at radius 3 is 2.61 bits per heavy atom. The quantitative estimate of drug-likeness (QED) is 0.775. The molecule has 3 nitrogen and oxygen atoms in total. The van der Waals surface area contributed by atoms with E-state index < -0.39 is 0 Å². The van der Waals surface area contributed by atoms with Gasteiger partial charge in [-0.15, -0.1) is 0 Å². The lowest BCUT2D eigenvalue weighted by molar-refractivity contribution is -0.0162. The summed E-state index contributed by atoms with van der Waals surface area (Å²) in [6.07, 6.45) is 5.84. The van der Waals surface area contributed by atoms with E-state index in [0.717, 1.165) is 12.6 Å². The first-order valence-corrected chi connectivity index (χ1v) is 8.73. The van der Waals surface area contributed by atoms with Crippen LogP contribution in [0.5, 0.6) is 0 Å². The molecule has 0 aliphatic carbocycles. The maximum Gasteiger partial charge on any atom is 0.0702 e. The van der Waals surface area contributed by atoms with Crippen molar-refractivity contribution in [1.29, 1.82) is 0 Å². The van der Waals surface area contributed by atoms with Crippen molar-refractivity contribution in [3.8, 4) is 0 Å². The first kappa shape index (κ1) is 13.2. The molecule has 0 unspecified atom stereocenters. The molecule has 3 aliphatic rings. The molecule has 0 saturated carbocycles. The van der Waals surface area contributed by atoms with Crippen LogP contribution < -0.4 is 0 Å². The number of hydrogen-bond donors (Lipinski definition) is 0. The van der Waals surface area contributed by atoms with Gasteiger partial charge in [-0.1, -0.05) is 0 Å². The second kappa shape index (κ2) is 6.60. The summed E-state index contributed by atoms with van der Waals surface area (Å²) in [6, 6.07) is 0.878. The van der Waals surface area contributed by atoms with Crippen LogP contribution in [0.4, 0.5) is 0 Å². The molecule has 18 heavy (non-hydrogen) atoms. The SMILES string of the molecule is C1CC[C@@H](CN2CCN([C@H]3CCSC3)CC2)OC1. The van der Waals surface area contributed by atoms with Crippen LogP contribution in [0.1, 0.15) is 25.7 Å². The lowest BCUT2D eigenvalue weighted by Crippen LogP contribution is -2.52. The summed E-state index contributed by atoms with van der Waals surface area (Å²) >= 11 is 2.13. The first-order valence-electron chi connectivity index (χ1n) is 7.57. The summed E-state index contributed by atoms with van der Waals surface area (Å²) < 4.78 is 5.85. The fourth-order valence-electron chi connectivity index (χ4n) is 3.36. The summed E-state index contributed by atoms with van der Waals surface area (Å²) in [6.45, 7) is 7.22. The van der Waals surface area contributed by atoms with E-state index in [1.807, 2.05) is 0 Å². The number of nitrogens with zero attached hydrogens (tertiary/aromatic N) is 2. The highest BCUT2D eigenvalue weighted by Crippen LogP contribution is 2.23. The molecule has 2 atom stereocenters. The van der Waals surface area contributed by atoms with Gasteiger partial charge in [-0.2, -0.15) is 11.8 Å². The molecule has 0 aromatic rings. The van der Waals surface area contributed by atoms with Gasteiger partial charge in [-0.25, -0.2) is 0 Å². The topological polar surface area (TPSA) is 15.7 Å². The van der Waals surface area contributed by atoms with Gasteiger partial charge in [0.1, 0.15) is 0 Å². The maximum atomic E-state index is 5.85. The number of piperazine rings is 1. The van der Waals surface area contributed by atoms with E-state index in [0.29, 0.717) is 6.10 Å². The van der Waals surface area contributed by atoms with Crippen molar-refractivity contribution in [3.05, 3.63) is 0 Å². The lowest BCUT2D eigenvalue weighted by Gasteiger charge is -2.39. The maximum absolute atomic E-state index is 5.85. The molecular formula is C14H26N2OS. The largest absolute Gasteiger partial charge is 0.377 e. The molecule has 0 spiro atoms. The van der Waals surface area contributed by atoms with E-state index in [2.05, 4.69) is 21.6 Å². The molecule has 3 saturated heterocycles.